The monoisotopic (exact) mass is 606 g/mol. The third kappa shape index (κ3) is 3.49. The van der Waals surface area contributed by atoms with Gasteiger partial charge in [0.1, 0.15) is 0 Å². The normalized spacial score (nSPS) is 28.7. The number of hydrogen-bond acceptors (Lipinski definition) is 4. The minimum atomic E-state index is -5.58. The molecule has 6 rings (SSSR count). The van der Waals surface area contributed by atoms with E-state index in [1.165, 1.54) is 29.6 Å². The lowest BCUT2D eigenvalue weighted by molar-refractivity contribution is -0.258. The maximum absolute atomic E-state index is 15.7. The third-order valence-corrected chi connectivity index (χ3v) is 11.9. The Hall–Kier alpha value is -2.72. The fourth-order valence-corrected chi connectivity index (χ4v) is 9.12. The number of nitrogens with zero attached hydrogens (tertiary/aromatic N) is 2. The number of benzene rings is 2. The molecule has 2 heterocycles. The summed E-state index contributed by atoms with van der Waals surface area (Å²) in [6, 6.07) is 14.4. The molecule has 0 bridgehead atoms. The van der Waals surface area contributed by atoms with Crippen LogP contribution in [-0.2, 0) is 0 Å². The number of alkyl halides is 6. The number of allylic oxidation sites excluding steroid dienone is 4. The van der Waals surface area contributed by atoms with Crippen molar-refractivity contribution in [2.45, 2.75) is 41.1 Å². The lowest BCUT2D eigenvalue weighted by Crippen LogP contribution is -2.49. The van der Waals surface area contributed by atoms with E-state index < -0.39 is 38.4 Å². The van der Waals surface area contributed by atoms with Gasteiger partial charge in [-0.05, 0) is 77.4 Å². The molecule has 2 nitrogen and oxygen atoms in total. The summed E-state index contributed by atoms with van der Waals surface area (Å²) in [6.45, 7) is 3.41. The van der Waals surface area contributed by atoms with Crippen LogP contribution in [0.25, 0.3) is 10.5 Å². The van der Waals surface area contributed by atoms with Crippen LogP contribution in [0.15, 0.2) is 82.3 Å². The average molecular weight is 607 g/mol. The molecule has 41 heavy (non-hydrogen) atoms. The molecule has 2 aromatic carbocycles. The molecule has 4 aliphatic rings. The van der Waals surface area contributed by atoms with Crippen molar-refractivity contribution in [1.82, 2.24) is 0 Å². The first-order valence-electron chi connectivity index (χ1n) is 13.0. The molecule has 2 aliphatic carbocycles. The van der Waals surface area contributed by atoms with E-state index in [0.29, 0.717) is 16.0 Å². The van der Waals surface area contributed by atoms with Gasteiger partial charge < -0.3 is 9.80 Å². The first kappa shape index (κ1) is 28.4. The van der Waals surface area contributed by atoms with Crippen LogP contribution in [0, 0.1) is 0 Å². The predicted molar refractivity (Wildman–Crippen MR) is 158 cm³/mol. The highest BCUT2D eigenvalue weighted by Crippen LogP contribution is 2.75. The van der Waals surface area contributed by atoms with Gasteiger partial charge in [0.15, 0.2) is 0 Å². The first-order valence-corrected chi connectivity index (χ1v) is 14.7. The molecule has 0 spiro atoms. The molecule has 1 fully saturated rings. The largest absolute Gasteiger partial charge is 0.380 e. The average Bonchev–Trinajstić information content (AvgIpc) is 3.48. The molecular weight excluding hydrogens is 578 g/mol. The highest BCUT2D eigenvalue weighted by atomic mass is 32.2. The zero-order chi connectivity index (χ0) is 29.9. The second-order valence-corrected chi connectivity index (χ2v) is 14.2. The van der Waals surface area contributed by atoms with E-state index >= 15 is 26.3 Å². The first-order chi connectivity index (χ1) is 19.0. The molecule has 2 unspecified atom stereocenters. The van der Waals surface area contributed by atoms with Gasteiger partial charge >= 0.3 is 17.8 Å². The summed E-state index contributed by atoms with van der Waals surface area (Å²) in [6.07, 6.45) is 1.42. The molecule has 0 radical (unpaired) electrons. The standard InChI is InChI=1S/C31H28F6N2S2/c1-27-22(15-23(41-27)18-9-13-20(14-10-18)39(5)6)25-26(30(34,35)31(36,37)29(25,32)33)24-21(16-40-28(24,27)2)17-7-11-19(12-8-17)38(3)4/h7-16H,1-6H3. The SMILES string of the molecule is CN(C)c1ccc(C2=CC3=C4C(=C5C(c6ccc(N(C)C)cc6)=CSC5(C)C3(C)S2)C(F)(F)C(F)(F)C4(F)F)cc1. The Bertz CT molecular complexity index is 1580. The number of fused-ring (bicyclic) bond motifs is 4. The summed E-state index contributed by atoms with van der Waals surface area (Å²) in [4.78, 5) is 4.34. The van der Waals surface area contributed by atoms with E-state index in [2.05, 4.69) is 0 Å². The maximum Gasteiger partial charge on any atom is 0.380 e. The van der Waals surface area contributed by atoms with Gasteiger partial charge in [0.05, 0.1) is 9.49 Å². The van der Waals surface area contributed by atoms with Crippen molar-refractivity contribution < 1.29 is 26.3 Å². The van der Waals surface area contributed by atoms with Crippen molar-refractivity contribution in [2.24, 2.45) is 0 Å². The highest BCUT2D eigenvalue weighted by molar-refractivity contribution is 8.12. The Kier molecular flexibility index (Phi) is 6.00. The number of rotatable bonds is 4. The lowest BCUT2D eigenvalue weighted by atomic mass is 9.69. The molecule has 1 saturated carbocycles. The van der Waals surface area contributed by atoms with Crippen molar-refractivity contribution in [3.8, 4) is 0 Å². The van der Waals surface area contributed by atoms with Gasteiger partial charge in [-0.3, -0.25) is 0 Å². The topological polar surface area (TPSA) is 6.48 Å². The van der Waals surface area contributed by atoms with Gasteiger partial charge in [0.2, 0.25) is 0 Å². The molecule has 2 atom stereocenters. The Morgan fingerprint density at radius 3 is 1.61 bits per heavy atom. The summed E-state index contributed by atoms with van der Waals surface area (Å²) in [5.41, 5.74) is 0.456. The number of hydrogen-bond donors (Lipinski definition) is 0. The van der Waals surface area contributed by atoms with Crippen molar-refractivity contribution in [3.63, 3.8) is 0 Å². The second kappa shape index (κ2) is 8.66. The van der Waals surface area contributed by atoms with Crippen molar-refractivity contribution >= 4 is 45.4 Å². The smallest absolute Gasteiger partial charge is 0.378 e. The summed E-state index contributed by atoms with van der Waals surface area (Å²) in [5.74, 6) is -15.7. The minimum absolute atomic E-state index is 0.145. The van der Waals surface area contributed by atoms with Gasteiger partial charge in [0, 0.05) is 55.6 Å². The molecule has 2 aromatic rings. The van der Waals surface area contributed by atoms with E-state index in [0.717, 1.165) is 11.4 Å². The van der Waals surface area contributed by atoms with E-state index in [1.807, 2.05) is 62.3 Å². The van der Waals surface area contributed by atoms with E-state index in [1.54, 1.807) is 43.5 Å². The van der Waals surface area contributed by atoms with Gasteiger partial charge in [-0.25, -0.2) is 0 Å². The molecule has 216 valence electrons. The molecule has 0 saturated heterocycles. The van der Waals surface area contributed by atoms with Crippen molar-refractivity contribution in [2.75, 3.05) is 38.0 Å². The molecule has 0 amide bonds. The fourth-order valence-electron chi connectivity index (χ4n) is 6.14. The Morgan fingerprint density at radius 1 is 0.610 bits per heavy atom. The number of halogens is 6. The molecule has 2 aliphatic heterocycles. The van der Waals surface area contributed by atoms with Gasteiger partial charge in [0.25, 0.3) is 0 Å². The minimum Gasteiger partial charge on any atom is -0.378 e. The van der Waals surface area contributed by atoms with Crippen molar-refractivity contribution in [1.29, 1.82) is 0 Å². The van der Waals surface area contributed by atoms with Crippen LogP contribution >= 0.6 is 23.5 Å². The Balaban J connectivity index is 1.61. The molecule has 0 aromatic heterocycles. The summed E-state index contributed by atoms with van der Waals surface area (Å²) >= 11 is 2.49. The van der Waals surface area contributed by atoms with E-state index in [9.17, 15) is 0 Å². The maximum atomic E-state index is 15.7. The van der Waals surface area contributed by atoms with Crippen LogP contribution in [0.2, 0.25) is 0 Å². The predicted octanol–water partition coefficient (Wildman–Crippen LogP) is 8.74. The zero-order valence-corrected chi connectivity index (χ0v) is 24.9. The van der Waals surface area contributed by atoms with Gasteiger partial charge in [-0.2, -0.15) is 26.3 Å². The number of anilines is 2. The van der Waals surface area contributed by atoms with E-state index in [-0.39, 0.29) is 16.7 Å². The fraction of sp³-hybridized carbons (Fsp3) is 0.355. The third-order valence-electron chi connectivity index (χ3n) is 8.72. The highest BCUT2D eigenvalue weighted by Gasteiger charge is 2.84. The number of thioether (sulfide) groups is 2. The Morgan fingerprint density at radius 2 is 1.10 bits per heavy atom. The Labute approximate surface area is 243 Å². The zero-order valence-electron chi connectivity index (χ0n) is 23.3. The lowest BCUT2D eigenvalue weighted by Gasteiger charge is -2.47. The van der Waals surface area contributed by atoms with Crippen LogP contribution in [0.3, 0.4) is 0 Å². The summed E-state index contributed by atoms with van der Waals surface area (Å²) in [7, 11) is 7.46. The van der Waals surface area contributed by atoms with Gasteiger partial charge in [-0.15, -0.1) is 23.5 Å². The molecule has 10 heteroatoms. The molecular formula is C31H28F6N2S2. The van der Waals surface area contributed by atoms with Crippen molar-refractivity contribution in [3.05, 3.63) is 93.4 Å². The van der Waals surface area contributed by atoms with Crippen LogP contribution < -0.4 is 9.80 Å². The summed E-state index contributed by atoms with van der Waals surface area (Å²) < 4.78 is 90.7. The van der Waals surface area contributed by atoms with E-state index in [4.69, 9.17) is 0 Å². The second-order valence-electron chi connectivity index (χ2n) is 11.5. The van der Waals surface area contributed by atoms with Crippen LogP contribution in [0.1, 0.15) is 25.0 Å². The van der Waals surface area contributed by atoms with Gasteiger partial charge in [-0.1, -0.05) is 24.3 Å². The quantitative estimate of drug-likeness (QED) is 0.321. The van der Waals surface area contributed by atoms with Crippen LogP contribution in [0.5, 0.6) is 0 Å². The molecule has 0 N–H and O–H groups in total. The van der Waals surface area contributed by atoms with Crippen LogP contribution in [0.4, 0.5) is 37.7 Å². The summed E-state index contributed by atoms with van der Waals surface area (Å²) in [5, 5.41) is 1.66. The van der Waals surface area contributed by atoms with Crippen LogP contribution in [-0.4, -0.2) is 55.5 Å².